The molecule has 1 unspecified atom stereocenters. The summed E-state index contributed by atoms with van der Waals surface area (Å²) in [5.74, 6) is 0.807. The SMILES string of the molecule is CCCNC(CC(CC)CC)c1cc(C)ccc1Br. The molecule has 1 aromatic rings. The lowest BCUT2D eigenvalue weighted by atomic mass is 9.90. The summed E-state index contributed by atoms with van der Waals surface area (Å²) in [4.78, 5) is 0. The first-order valence-electron chi connectivity index (χ1n) is 7.61. The Hall–Kier alpha value is -0.340. The number of halogens is 1. The van der Waals surface area contributed by atoms with Crippen molar-refractivity contribution in [3.05, 3.63) is 33.8 Å². The lowest BCUT2D eigenvalue weighted by Crippen LogP contribution is -2.25. The van der Waals surface area contributed by atoms with Gasteiger partial charge in [0.05, 0.1) is 0 Å². The van der Waals surface area contributed by atoms with E-state index >= 15 is 0 Å². The molecule has 1 rings (SSSR count). The molecule has 0 bridgehead atoms. The molecule has 0 spiro atoms. The van der Waals surface area contributed by atoms with Crippen molar-refractivity contribution in [1.82, 2.24) is 5.32 Å². The molecule has 0 aliphatic heterocycles. The number of hydrogen-bond acceptors (Lipinski definition) is 1. The quantitative estimate of drug-likeness (QED) is 0.653. The molecule has 0 aromatic heterocycles. The Morgan fingerprint density at radius 2 is 1.84 bits per heavy atom. The Bertz CT molecular complexity index is 372. The maximum Gasteiger partial charge on any atom is 0.0334 e. The average molecular weight is 326 g/mol. The molecule has 0 aliphatic rings. The summed E-state index contributed by atoms with van der Waals surface area (Å²) in [7, 11) is 0. The third kappa shape index (κ3) is 5.27. The van der Waals surface area contributed by atoms with E-state index in [1.54, 1.807) is 0 Å². The highest BCUT2D eigenvalue weighted by Crippen LogP contribution is 2.31. The van der Waals surface area contributed by atoms with Gasteiger partial charge in [-0.1, -0.05) is 67.2 Å². The van der Waals surface area contributed by atoms with E-state index < -0.39 is 0 Å². The van der Waals surface area contributed by atoms with Gasteiger partial charge in [0, 0.05) is 10.5 Å². The van der Waals surface area contributed by atoms with Crippen LogP contribution in [0.5, 0.6) is 0 Å². The van der Waals surface area contributed by atoms with Crippen LogP contribution in [0, 0.1) is 12.8 Å². The Kier molecular flexibility index (Phi) is 7.70. The first-order valence-corrected chi connectivity index (χ1v) is 8.41. The van der Waals surface area contributed by atoms with Gasteiger partial charge in [0.1, 0.15) is 0 Å². The number of hydrogen-bond donors (Lipinski definition) is 1. The molecule has 1 atom stereocenters. The number of rotatable bonds is 8. The van der Waals surface area contributed by atoms with Gasteiger partial charge in [-0.3, -0.25) is 0 Å². The molecule has 19 heavy (non-hydrogen) atoms. The summed E-state index contributed by atoms with van der Waals surface area (Å²) in [6, 6.07) is 7.14. The van der Waals surface area contributed by atoms with Crippen LogP contribution in [-0.4, -0.2) is 6.54 Å². The van der Waals surface area contributed by atoms with E-state index in [2.05, 4.69) is 67.1 Å². The molecule has 0 radical (unpaired) electrons. The zero-order chi connectivity index (χ0) is 14.3. The van der Waals surface area contributed by atoms with E-state index in [0.29, 0.717) is 6.04 Å². The fourth-order valence-corrected chi connectivity index (χ4v) is 3.05. The monoisotopic (exact) mass is 325 g/mol. The van der Waals surface area contributed by atoms with Crippen molar-refractivity contribution < 1.29 is 0 Å². The molecule has 0 saturated carbocycles. The van der Waals surface area contributed by atoms with Crippen molar-refractivity contribution in [2.45, 2.75) is 59.4 Å². The summed E-state index contributed by atoms with van der Waals surface area (Å²) in [6.07, 6.45) is 4.95. The summed E-state index contributed by atoms with van der Waals surface area (Å²) in [6.45, 7) is 10.1. The van der Waals surface area contributed by atoms with Gasteiger partial charge in [0.25, 0.3) is 0 Å². The minimum absolute atomic E-state index is 0.471. The largest absolute Gasteiger partial charge is 0.310 e. The number of benzene rings is 1. The topological polar surface area (TPSA) is 12.0 Å². The highest BCUT2D eigenvalue weighted by molar-refractivity contribution is 9.10. The normalized spacial score (nSPS) is 12.9. The van der Waals surface area contributed by atoms with Crippen molar-refractivity contribution >= 4 is 15.9 Å². The zero-order valence-corrected chi connectivity index (χ0v) is 14.4. The highest BCUT2D eigenvalue weighted by atomic mass is 79.9. The van der Waals surface area contributed by atoms with Crippen LogP contribution in [0.2, 0.25) is 0 Å². The van der Waals surface area contributed by atoms with Crippen molar-refractivity contribution in [1.29, 1.82) is 0 Å². The van der Waals surface area contributed by atoms with Crippen LogP contribution in [0.1, 0.15) is 63.6 Å². The van der Waals surface area contributed by atoms with Gasteiger partial charge in [-0.25, -0.2) is 0 Å². The molecule has 2 heteroatoms. The molecule has 0 aliphatic carbocycles. The van der Waals surface area contributed by atoms with Gasteiger partial charge >= 0.3 is 0 Å². The van der Waals surface area contributed by atoms with Gasteiger partial charge in [0.2, 0.25) is 0 Å². The van der Waals surface area contributed by atoms with E-state index in [0.717, 1.165) is 12.5 Å². The summed E-state index contributed by atoms with van der Waals surface area (Å²) >= 11 is 3.72. The Labute approximate surface area is 127 Å². The van der Waals surface area contributed by atoms with E-state index in [9.17, 15) is 0 Å². The van der Waals surface area contributed by atoms with Crippen LogP contribution in [0.4, 0.5) is 0 Å². The van der Waals surface area contributed by atoms with Crippen LogP contribution in [-0.2, 0) is 0 Å². The minimum atomic E-state index is 0.471. The average Bonchev–Trinajstić information content (AvgIpc) is 2.42. The van der Waals surface area contributed by atoms with E-state index in [1.807, 2.05) is 0 Å². The van der Waals surface area contributed by atoms with Gasteiger partial charge in [-0.15, -0.1) is 0 Å². The Morgan fingerprint density at radius 3 is 2.42 bits per heavy atom. The van der Waals surface area contributed by atoms with E-state index in [-0.39, 0.29) is 0 Å². The smallest absolute Gasteiger partial charge is 0.0334 e. The third-order valence-corrected chi connectivity index (χ3v) is 4.61. The second kappa shape index (κ2) is 8.76. The van der Waals surface area contributed by atoms with Gasteiger partial charge in [0.15, 0.2) is 0 Å². The predicted molar refractivity (Wildman–Crippen MR) is 88.6 cm³/mol. The Balaban J connectivity index is 2.91. The molecule has 0 saturated heterocycles. The summed E-state index contributed by atoms with van der Waals surface area (Å²) in [5.41, 5.74) is 2.76. The second-order valence-electron chi connectivity index (χ2n) is 5.45. The van der Waals surface area contributed by atoms with Crippen LogP contribution < -0.4 is 5.32 Å². The fourth-order valence-electron chi connectivity index (χ4n) is 2.52. The number of aryl methyl sites for hydroxylation is 1. The molecule has 0 heterocycles. The van der Waals surface area contributed by atoms with Gasteiger partial charge in [-0.2, -0.15) is 0 Å². The van der Waals surface area contributed by atoms with Crippen molar-refractivity contribution in [2.75, 3.05) is 6.54 Å². The van der Waals surface area contributed by atoms with Gasteiger partial charge < -0.3 is 5.32 Å². The molecular formula is C17H28BrN. The fraction of sp³-hybridized carbons (Fsp3) is 0.647. The maximum absolute atomic E-state index is 3.72. The first kappa shape index (κ1) is 16.7. The molecule has 108 valence electrons. The van der Waals surface area contributed by atoms with Crippen molar-refractivity contribution in [3.8, 4) is 0 Å². The molecule has 0 fully saturated rings. The molecular weight excluding hydrogens is 298 g/mol. The first-order chi connectivity index (χ1) is 9.12. The molecule has 1 nitrogen and oxygen atoms in total. The van der Waals surface area contributed by atoms with Crippen LogP contribution in [0.25, 0.3) is 0 Å². The van der Waals surface area contributed by atoms with Crippen LogP contribution >= 0.6 is 15.9 Å². The van der Waals surface area contributed by atoms with Gasteiger partial charge in [-0.05, 0) is 43.9 Å². The molecule has 1 aromatic carbocycles. The molecule has 0 amide bonds. The van der Waals surface area contributed by atoms with E-state index in [1.165, 1.54) is 41.3 Å². The lowest BCUT2D eigenvalue weighted by molar-refractivity contribution is 0.370. The number of nitrogens with one attached hydrogen (secondary N) is 1. The van der Waals surface area contributed by atoms with Crippen molar-refractivity contribution in [3.63, 3.8) is 0 Å². The lowest BCUT2D eigenvalue weighted by Gasteiger charge is -2.25. The highest BCUT2D eigenvalue weighted by Gasteiger charge is 2.17. The molecule has 1 N–H and O–H groups in total. The third-order valence-electron chi connectivity index (χ3n) is 3.89. The van der Waals surface area contributed by atoms with Crippen LogP contribution in [0.15, 0.2) is 22.7 Å². The summed E-state index contributed by atoms with van der Waals surface area (Å²) < 4.78 is 1.23. The predicted octanol–water partition coefficient (Wildman–Crippen LogP) is 5.62. The van der Waals surface area contributed by atoms with Crippen molar-refractivity contribution in [2.24, 2.45) is 5.92 Å². The minimum Gasteiger partial charge on any atom is -0.310 e. The van der Waals surface area contributed by atoms with Crippen LogP contribution in [0.3, 0.4) is 0 Å². The maximum atomic E-state index is 3.72. The zero-order valence-electron chi connectivity index (χ0n) is 12.8. The van der Waals surface area contributed by atoms with E-state index in [4.69, 9.17) is 0 Å². The Morgan fingerprint density at radius 1 is 1.16 bits per heavy atom. The summed E-state index contributed by atoms with van der Waals surface area (Å²) in [5, 5.41) is 3.72. The standard InChI is InChI=1S/C17H28BrN/c1-5-10-19-17(12-14(6-2)7-3)15-11-13(4)8-9-16(15)18/h8-9,11,14,17,19H,5-7,10,12H2,1-4H3. The second-order valence-corrected chi connectivity index (χ2v) is 6.30.